The van der Waals surface area contributed by atoms with E-state index in [-0.39, 0.29) is 11.9 Å². The summed E-state index contributed by atoms with van der Waals surface area (Å²) in [6.07, 6.45) is 1.74. The van der Waals surface area contributed by atoms with Gasteiger partial charge in [0.15, 0.2) is 0 Å². The van der Waals surface area contributed by atoms with Crippen LogP contribution in [0.1, 0.15) is 6.92 Å². The Labute approximate surface area is 120 Å². The molecule has 1 atom stereocenters. The standard InChI is InChI=1S/C14H16BrN3O/c1-9(14(19)18(2)3)17-12-6-7-16-13-8-10(15)4-5-11(12)13/h4-9H,1-3H3,(H,16,17)/t9-/m0/s1. The van der Waals surface area contributed by atoms with E-state index in [0.717, 1.165) is 21.1 Å². The van der Waals surface area contributed by atoms with Gasteiger partial charge in [0.2, 0.25) is 5.91 Å². The van der Waals surface area contributed by atoms with E-state index in [4.69, 9.17) is 0 Å². The SMILES string of the molecule is C[C@H](Nc1ccnc2cc(Br)ccc12)C(=O)N(C)C. The molecule has 2 aromatic rings. The molecule has 1 N–H and O–H groups in total. The normalized spacial score (nSPS) is 12.2. The highest BCUT2D eigenvalue weighted by Gasteiger charge is 2.15. The van der Waals surface area contributed by atoms with Crippen molar-refractivity contribution in [1.82, 2.24) is 9.88 Å². The number of pyridine rings is 1. The van der Waals surface area contributed by atoms with Crippen molar-refractivity contribution in [2.75, 3.05) is 19.4 Å². The van der Waals surface area contributed by atoms with E-state index in [1.54, 1.807) is 25.2 Å². The third kappa shape index (κ3) is 3.04. The summed E-state index contributed by atoms with van der Waals surface area (Å²) in [5.74, 6) is 0.0436. The molecule has 5 heteroatoms. The van der Waals surface area contributed by atoms with Gasteiger partial charge in [-0.25, -0.2) is 0 Å². The average Bonchev–Trinajstić information content (AvgIpc) is 2.37. The summed E-state index contributed by atoms with van der Waals surface area (Å²) in [6, 6.07) is 7.52. The number of hydrogen-bond donors (Lipinski definition) is 1. The van der Waals surface area contributed by atoms with Crippen molar-refractivity contribution in [3.05, 3.63) is 34.9 Å². The Morgan fingerprint density at radius 1 is 1.37 bits per heavy atom. The molecule has 0 aliphatic carbocycles. The Morgan fingerprint density at radius 2 is 2.11 bits per heavy atom. The molecule has 1 amide bonds. The zero-order chi connectivity index (χ0) is 14.0. The van der Waals surface area contributed by atoms with Crippen LogP contribution in [0.4, 0.5) is 5.69 Å². The van der Waals surface area contributed by atoms with E-state index in [1.165, 1.54) is 0 Å². The van der Waals surface area contributed by atoms with Crippen molar-refractivity contribution < 1.29 is 4.79 Å². The highest BCUT2D eigenvalue weighted by molar-refractivity contribution is 9.10. The first-order chi connectivity index (χ1) is 8.99. The molecule has 0 aliphatic heterocycles. The molecule has 0 bridgehead atoms. The minimum atomic E-state index is -0.274. The number of benzene rings is 1. The molecule has 0 saturated heterocycles. The van der Waals surface area contributed by atoms with Gasteiger partial charge in [0, 0.05) is 35.8 Å². The van der Waals surface area contributed by atoms with Crippen LogP contribution in [-0.4, -0.2) is 35.9 Å². The summed E-state index contributed by atoms with van der Waals surface area (Å²) >= 11 is 3.43. The summed E-state index contributed by atoms with van der Waals surface area (Å²) in [6.45, 7) is 1.85. The Bertz CT molecular complexity index is 613. The minimum absolute atomic E-state index is 0.0436. The van der Waals surface area contributed by atoms with E-state index >= 15 is 0 Å². The van der Waals surface area contributed by atoms with Gasteiger partial charge in [0.05, 0.1) is 5.52 Å². The van der Waals surface area contributed by atoms with E-state index in [2.05, 4.69) is 26.2 Å². The number of likely N-dealkylation sites (N-methyl/N-ethyl adjacent to an activating group) is 1. The molecule has 1 heterocycles. The highest BCUT2D eigenvalue weighted by atomic mass is 79.9. The van der Waals surface area contributed by atoms with Gasteiger partial charge in [0.25, 0.3) is 0 Å². The number of carbonyl (C=O) groups excluding carboxylic acids is 1. The summed E-state index contributed by atoms with van der Waals surface area (Å²) in [5, 5.41) is 4.24. The lowest BCUT2D eigenvalue weighted by atomic mass is 10.1. The van der Waals surface area contributed by atoms with Crippen LogP contribution < -0.4 is 5.32 Å². The minimum Gasteiger partial charge on any atom is -0.373 e. The smallest absolute Gasteiger partial charge is 0.244 e. The number of nitrogens with zero attached hydrogens (tertiary/aromatic N) is 2. The van der Waals surface area contributed by atoms with Crippen LogP contribution in [0, 0.1) is 0 Å². The fourth-order valence-corrected chi connectivity index (χ4v) is 2.28. The maximum Gasteiger partial charge on any atom is 0.244 e. The predicted octanol–water partition coefficient (Wildman–Crippen LogP) is 2.89. The first-order valence-corrected chi connectivity index (χ1v) is 6.80. The molecule has 0 fully saturated rings. The number of hydrogen-bond acceptors (Lipinski definition) is 3. The number of amides is 1. The topological polar surface area (TPSA) is 45.2 Å². The van der Waals surface area contributed by atoms with Gasteiger partial charge in [0.1, 0.15) is 6.04 Å². The number of rotatable bonds is 3. The molecule has 0 aliphatic rings. The first kappa shape index (κ1) is 13.8. The summed E-state index contributed by atoms with van der Waals surface area (Å²) in [7, 11) is 3.50. The van der Waals surface area contributed by atoms with Crippen LogP contribution in [0.2, 0.25) is 0 Å². The Kier molecular flexibility index (Phi) is 4.04. The Hall–Kier alpha value is -1.62. The fourth-order valence-electron chi connectivity index (χ4n) is 1.93. The van der Waals surface area contributed by atoms with Gasteiger partial charge in [-0.05, 0) is 31.2 Å². The Morgan fingerprint density at radius 3 is 2.79 bits per heavy atom. The molecule has 100 valence electrons. The molecule has 4 nitrogen and oxygen atoms in total. The zero-order valence-corrected chi connectivity index (χ0v) is 12.7. The number of aromatic nitrogens is 1. The van der Waals surface area contributed by atoms with E-state index in [1.807, 2.05) is 31.2 Å². The molecule has 2 rings (SSSR count). The van der Waals surface area contributed by atoms with Crippen LogP contribution in [-0.2, 0) is 4.79 Å². The molecule has 1 aromatic heterocycles. The third-order valence-corrected chi connectivity index (χ3v) is 3.38. The van der Waals surface area contributed by atoms with Crippen LogP contribution in [0.5, 0.6) is 0 Å². The van der Waals surface area contributed by atoms with Gasteiger partial charge in [-0.1, -0.05) is 15.9 Å². The fraction of sp³-hybridized carbons (Fsp3) is 0.286. The second-order valence-corrected chi connectivity index (χ2v) is 5.53. The van der Waals surface area contributed by atoms with Crippen molar-refractivity contribution in [3.63, 3.8) is 0 Å². The van der Waals surface area contributed by atoms with Crippen LogP contribution in [0.15, 0.2) is 34.9 Å². The van der Waals surface area contributed by atoms with E-state index in [0.29, 0.717) is 0 Å². The number of anilines is 1. The second kappa shape index (κ2) is 5.57. The first-order valence-electron chi connectivity index (χ1n) is 6.01. The maximum absolute atomic E-state index is 11.9. The molecule has 0 saturated carbocycles. The van der Waals surface area contributed by atoms with Crippen LogP contribution in [0.25, 0.3) is 10.9 Å². The average molecular weight is 322 g/mol. The van der Waals surface area contributed by atoms with Crippen molar-refractivity contribution in [1.29, 1.82) is 0 Å². The third-order valence-electron chi connectivity index (χ3n) is 2.89. The molecule has 1 aromatic carbocycles. The lowest BCUT2D eigenvalue weighted by molar-refractivity contribution is -0.129. The molecular formula is C14H16BrN3O. The quantitative estimate of drug-likeness (QED) is 0.945. The van der Waals surface area contributed by atoms with Gasteiger partial charge < -0.3 is 10.2 Å². The monoisotopic (exact) mass is 321 g/mol. The molecule has 0 radical (unpaired) electrons. The van der Waals surface area contributed by atoms with E-state index in [9.17, 15) is 4.79 Å². The zero-order valence-electron chi connectivity index (χ0n) is 11.1. The number of fused-ring (bicyclic) bond motifs is 1. The van der Waals surface area contributed by atoms with Crippen LogP contribution in [0.3, 0.4) is 0 Å². The second-order valence-electron chi connectivity index (χ2n) is 4.62. The van der Waals surface area contributed by atoms with Crippen molar-refractivity contribution in [2.24, 2.45) is 0 Å². The lowest BCUT2D eigenvalue weighted by Gasteiger charge is -2.19. The molecular weight excluding hydrogens is 306 g/mol. The molecule has 0 spiro atoms. The van der Waals surface area contributed by atoms with E-state index < -0.39 is 0 Å². The van der Waals surface area contributed by atoms with Gasteiger partial charge >= 0.3 is 0 Å². The highest BCUT2D eigenvalue weighted by Crippen LogP contribution is 2.25. The number of nitrogens with one attached hydrogen (secondary N) is 1. The van der Waals surface area contributed by atoms with Gasteiger partial charge in [-0.3, -0.25) is 9.78 Å². The number of carbonyl (C=O) groups is 1. The predicted molar refractivity (Wildman–Crippen MR) is 81.2 cm³/mol. The largest absolute Gasteiger partial charge is 0.373 e. The lowest BCUT2D eigenvalue weighted by Crippen LogP contribution is -2.36. The molecule has 19 heavy (non-hydrogen) atoms. The van der Waals surface area contributed by atoms with Crippen molar-refractivity contribution >= 4 is 38.4 Å². The van der Waals surface area contributed by atoms with Gasteiger partial charge in [-0.2, -0.15) is 0 Å². The molecule has 0 unspecified atom stereocenters. The summed E-state index contributed by atoms with van der Waals surface area (Å²) < 4.78 is 0.988. The van der Waals surface area contributed by atoms with Gasteiger partial charge in [-0.15, -0.1) is 0 Å². The Balaban J connectivity index is 2.33. The van der Waals surface area contributed by atoms with Crippen LogP contribution >= 0.6 is 15.9 Å². The van der Waals surface area contributed by atoms with Crippen molar-refractivity contribution in [3.8, 4) is 0 Å². The number of halogens is 1. The van der Waals surface area contributed by atoms with Crippen molar-refractivity contribution in [2.45, 2.75) is 13.0 Å². The maximum atomic E-state index is 11.9. The summed E-state index contributed by atoms with van der Waals surface area (Å²) in [5.41, 5.74) is 1.81. The summed E-state index contributed by atoms with van der Waals surface area (Å²) in [4.78, 5) is 17.8.